The Balaban J connectivity index is 3.48. The first-order chi connectivity index (χ1) is 8.54. The van der Waals surface area contributed by atoms with Crippen LogP contribution in [0.2, 0.25) is 0 Å². The fraction of sp³-hybridized carbons (Fsp3) is 0.333. The van der Waals surface area contributed by atoms with Gasteiger partial charge < -0.3 is 4.74 Å². The fourth-order valence-electron chi connectivity index (χ4n) is 1.52. The highest BCUT2D eigenvalue weighted by Crippen LogP contribution is 2.25. The molecule has 0 radical (unpaired) electrons. The van der Waals surface area contributed by atoms with Crippen LogP contribution < -0.4 is 0 Å². The van der Waals surface area contributed by atoms with Gasteiger partial charge in [0.05, 0.1) is 17.1 Å². The van der Waals surface area contributed by atoms with E-state index < -0.39 is 10.9 Å². The highest BCUT2D eigenvalue weighted by molar-refractivity contribution is 5.94. The average Bonchev–Trinajstić information content (AvgIpc) is 2.37. The fourth-order valence-corrected chi connectivity index (χ4v) is 1.52. The molecule has 0 amide bonds. The van der Waals surface area contributed by atoms with Crippen LogP contribution in [0, 0.1) is 21.4 Å². The average molecular weight is 248 g/mol. The van der Waals surface area contributed by atoms with E-state index in [9.17, 15) is 14.9 Å². The summed E-state index contributed by atoms with van der Waals surface area (Å²) in [6, 6.07) is 4.46. The lowest BCUT2D eigenvalue weighted by atomic mass is 10.0. The molecule has 1 aromatic carbocycles. The number of esters is 1. The topological polar surface area (TPSA) is 93.2 Å². The van der Waals surface area contributed by atoms with Crippen molar-refractivity contribution in [3.05, 3.63) is 38.9 Å². The van der Waals surface area contributed by atoms with Crippen LogP contribution in [0.4, 0.5) is 5.69 Å². The SMILES string of the molecule is CCOC(=O)c1cc(CC)cc([N+](=O)[O-])c1C#N. The Hall–Kier alpha value is -2.42. The maximum atomic E-state index is 11.7. The van der Waals surface area contributed by atoms with Crippen molar-refractivity contribution in [3.8, 4) is 6.07 Å². The second-order valence-corrected chi connectivity index (χ2v) is 3.48. The minimum Gasteiger partial charge on any atom is -0.462 e. The van der Waals surface area contributed by atoms with Gasteiger partial charge in [-0.05, 0) is 25.0 Å². The Labute approximate surface area is 104 Å². The van der Waals surface area contributed by atoms with Gasteiger partial charge in [-0.2, -0.15) is 5.26 Å². The van der Waals surface area contributed by atoms with Crippen LogP contribution in [-0.2, 0) is 11.2 Å². The van der Waals surface area contributed by atoms with Crippen molar-refractivity contribution in [1.82, 2.24) is 0 Å². The summed E-state index contributed by atoms with van der Waals surface area (Å²) in [5, 5.41) is 19.9. The van der Waals surface area contributed by atoms with Crippen LogP contribution in [0.15, 0.2) is 12.1 Å². The predicted octanol–water partition coefficient (Wildman–Crippen LogP) is 2.21. The van der Waals surface area contributed by atoms with Crippen LogP contribution in [0.5, 0.6) is 0 Å². The van der Waals surface area contributed by atoms with E-state index in [2.05, 4.69) is 0 Å². The molecule has 0 spiro atoms. The summed E-state index contributed by atoms with van der Waals surface area (Å²) in [4.78, 5) is 21.9. The molecule has 0 heterocycles. The van der Waals surface area contributed by atoms with Gasteiger partial charge in [0, 0.05) is 6.07 Å². The van der Waals surface area contributed by atoms with Crippen molar-refractivity contribution in [2.45, 2.75) is 20.3 Å². The van der Waals surface area contributed by atoms with Gasteiger partial charge in [-0.15, -0.1) is 0 Å². The molecule has 0 aliphatic carbocycles. The predicted molar refractivity (Wildman–Crippen MR) is 63.1 cm³/mol. The Morgan fingerprint density at radius 2 is 2.17 bits per heavy atom. The van der Waals surface area contributed by atoms with E-state index in [0.717, 1.165) is 0 Å². The molecule has 0 aliphatic rings. The lowest BCUT2D eigenvalue weighted by Crippen LogP contribution is -2.09. The van der Waals surface area contributed by atoms with E-state index in [1.54, 1.807) is 19.9 Å². The molecule has 1 aromatic rings. The Morgan fingerprint density at radius 3 is 2.61 bits per heavy atom. The smallest absolute Gasteiger partial charge is 0.339 e. The first kappa shape index (κ1) is 13.6. The van der Waals surface area contributed by atoms with Crippen LogP contribution in [0.3, 0.4) is 0 Å². The number of nitro benzene ring substituents is 1. The maximum absolute atomic E-state index is 11.7. The van der Waals surface area contributed by atoms with E-state index in [1.165, 1.54) is 12.1 Å². The first-order valence-electron chi connectivity index (χ1n) is 5.43. The third kappa shape index (κ3) is 2.63. The molecule has 0 unspecified atom stereocenters. The van der Waals surface area contributed by atoms with E-state index in [-0.39, 0.29) is 23.4 Å². The number of nitriles is 1. The summed E-state index contributed by atoms with van der Waals surface area (Å²) in [6.07, 6.45) is 0.527. The zero-order chi connectivity index (χ0) is 13.7. The number of nitro groups is 1. The molecule has 0 bridgehead atoms. The van der Waals surface area contributed by atoms with Gasteiger partial charge in [0.2, 0.25) is 0 Å². The third-order valence-electron chi connectivity index (χ3n) is 2.39. The monoisotopic (exact) mass is 248 g/mol. The minimum atomic E-state index is -0.715. The number of rotatable bonds is 4. The minimum absolute atomic E-state index is 0.0506. The molecular weight excluding hydrogens is 236 g/mol. The lowest BCUT2D eigenvalue weighted by Gasteiger charge is -2.06. The van der Waals surface area contributed by atoms with E-state index in [0.29, 0.717) is 12.0 Å². The molecule has 6 heteroatoms. The van der Waals surface area contributed by atoms with Gasteiger partial charge >= 0.3 is 5.97 Å². The summed E-state index contributed by atoms with van der Waals surface area (Å²) in [5.41, 5.74) is -0.0512. The summed E-state index contributed by atoms with van der Waals surface area (Å²) in [7, 11) is 0. The second kappa shape index (κ2) is 5.77. The molecule has 18 heavy (non-hydrogen) atoms. The van der Waals surface area contributed by atoms with Crippen molar-refractivity contribution in [3.63, 3.8) is 0 Å². The Kier molecular flexibility index (Phi) is 4.38. The standard InChI is InChI=1S/C12H12N2O4/c1-3-8-5-9(12(15)18-4-2)10(7-13)11(6-8)14(16)17/h5-6H,3-4H2,1-2H3. The molecule has 0 N–H and O–H groups in total. The van der Waals surface area contributed by atoms with Gasteiger partial charge in [0.1, 0.15) is 11.6 Å². The molecule has 1 rings (SSSR count). The number of hydrogen-bond acceptors (Lipinski definition) is 5. The summed E-state index contributed by atoms with van der Waals surface area (Å²) in [6.45, 7) is 3.58. The van der Waals surface area contributed by atoms with Crippen LogP contribution in [0.1, 0.15) is 35.3 Å². The second-order valence-electron chi connectivity index (χ2n) is 3.48. The number of ether oxygens (including phenoxy) is 1. The number of carbonyl (C=O) groups excluding carboxylic acids is 1. The molecule has 0 fully saturated rings. The molecular formula is C12H12N2O4. The van der Waals surface area contributed by atoms with Gasteiger partial charge in [0.15, 0.2) is 0 Å². The lowest BCUT2D eigenvalue weighted by molar-refractivity contribution is -0.385. The maximum Gasteiger partial charge on any atom is 0.339 e. The molecule has 94 valence electrons. The highest BCUT2D eigenvalue weighted by atomic mass is 16.6. The van der Waals surface area contributed by atoms with Gasteiger partial charge in [-0.3, -0.25) is 10.1 Å². The molecule has 6 nitrogen and oxygen atoms in total. The van der Waals surface area contributed by atoms with Gasteiger partial charge in [-0.25, -0.2) is 4.79 Å². The van der Waals surface area contributed by atoms with E-state index in [1.807, 2.05) is 0 Å². The van der Waals surface area contributed by atoms with Crippen molar-refractivity contribution >= 4 is 11.7 Å². The number of nitrogens with zero attached hydrogens (tertiary/aromatic N) is 2. The third-order valence-corrected chi connectivity index (χ3v) is 2.39. The van der Waals surface area contributed by atoms with Gasteiger partial charge in [-0.1, -0.05) is 6.92 Å². The number of carbonyl (C=O) groups is 1. The number of aryl methyl sites for hydroxylation is 1. The molecule has 0 aliphatic heterocycles. The first-order valence-corrected chi connectivity index (χ1v) is 5.43. The van der Waals surface area contributed by atoms with Crippen molar-refractivity contribution < 1.29 is 14.5 Å². The molecule has 0 aromatic heterocycles. The zero-order valence-corrected chi connectivity index (χ0v) is 10.1. The Bertz CT molecular complexity index is 532. The van der Waals surface area contributed by atoms with E-state index in [4.69, 9.17) is 10.00 Å². The number of benzene rings is 1. The van der Waals surface area contributed by atoms with Crippen LogP contribution in [-0.4, -0.2) is 17.5 Å². The molecule has 0 atom stereocenters. The number of hydrogen-bond donors (Lipinski definition) is 0. The molecule has 0 saturated carbocycles. The van der Waals surface area contributed by atoms with Crippen LogP contribution >= 0.6 is 0 Å². The van der Waals surface area contributed by atoms with Crippen LogP contribution in [0.25, 0.3) is 0 Å². The Morgan fingerprint density at radius 1 is 1.50 bits per heavy atom. The van der Waals surface area contributed by atoms with Gasteiger partial charge in [0.25, 0.3) is 5.69 Å². The largest absolute Gasteiger partial charge is 0.462 e. The summed E-state index contributed by atoms with van der Waals surface area (Å²) < 4.78 is 4.79. The summed E-state index contributed by atoms with van der Waals surface area (Å²) >= 11 is 0. The van der Waals surface area contributed by atoms with Crippen molar-refractivity contribution in [2.24, 2.45) is 0 Å². The normalized spacial score (nSPS) is 9.61. The molecule has 0 saturated heterocycles. The van der Waals surface area contributed by atoms with Crippen molar-refractivity contribution in [2.75, 3.05) is 6.61 Å². The van der Waals surface area contributed by atoms with Crippen molar-refractivity contribution in [1.29, 1.82) is 5.26 Å². The zero-order valence-electron chi connectivity index (χ0n) is 10.1. The quantitative estimate of drug-likeness (QED) is 0.462. The summed E-state index contributed by atoms with van der Waals surface area (Å²) in [5.74, 6) is -0.715. The van der Waals surface area contributed by atoms with E-state index >= 15 is 0 Å². The highest BCUT2D eigenvalue weighted by Gasteiger charge is 2.23.